The molecule has 106 valence electrons. The van der Waals surface area contributed by atoms with Gasteiger partial charge in [-0.05, 0) is 31.2 Å². The third-order valence-electron chi connectivity index (χ3n) is 3.67. The normalized spacial score (nSPS) is 21.6. The summed E-state index contributed by atoms with van der Waals surface area (Å²) in [6.07, 6.45) is 1.37. The fourth-order valence-electron chi connectivity index (χ4n) is 2.67. The van der Waals surface area contributed by atoms with Crippen molar-refractivity contribution in [2.45, 2.75) is 25.5 Å². The van der Waals surface area contributed by atoms with Crippen molar-refractivity contribution in [1.82, 2.24) is 10.2 Å². The van der Waals surface area contributed by atoms with Crippen molar-refractivity contribution in [2.24, 2.45) is 0 Å². The number of ether oxygens (including phenoxy) is 1. The number of nitrogens with one attached hydrogen (secondary N) is 1. The molecule has 1 N–H and O–H groups in total. The van der Waals surface area contributed by atoms with Gasteiger partial charge in [0, 0.05) is 30.7 Å². The maximum atomic E-state index is 5.95. The van der Waals surface area contributed by atoms with Crippen LogP contribution < -0.4 is 5.32 Å². The standard InChI is InChI=1S/C15H23ClN2O/c1-3-15(12-4-6-13(16)7-5-12)18(2)11-14-10-17-8-9-19-14/h4-7,14-15,17H,3,8-11H2,1-2H3. The van der Waals surface area contributed by atoms with Gasteiger partial charge in [0.1, 0.15) is 0 Å². The van der Waals surface area contributed by atoms with E-state index in [2.05, 4.69) is 36.3 Å². The first-order chi connectivity index (χ1) is 9.20. The summed E-state index contributed by atoms with van der Waals surface area (Å²) in [5, 5.41) is 4.17. The monoisotopic (exact) mass is 282 g/mol. The maximum Gasteiger partial charge on any atom is 0.0826 e. The molecule has 2 rings (SSSR count). The Labute approximate surface area is 120 Å². The van der Waals surface area contributed by atoms with Crippen LogP contribution in [0.3, 0.4) is 0 Å². The molecule has 0 saturated carbocycles. The quantitative estimate of drug-likeness (QED) is 0.899. The predicted molar refractivity (Wildman–Crippen MR) is 79.7 cm³/mol. The molecule has 0 radical (unpaired) electrons. The number of morpholine rings is 1. The van der Waals surface area contributed by atoms with E-state index in [1.807, 2.05) is 12.1 Å². The Bertz CT molecular complexity index is 376. The van der Waals surface area contributed by atoms with Gasteiger partial charge >= 0.3 is 0 Å². The van der Waals surface area contributed by atoms with Crippen LogP contribution in [0.4, 0.5) is 0 Å². The highest BCUT2D eigenvalue weighted by Gasteiger charge is 2.21. The molecular formula is C15H23ClN2O. The molecule has 4 heteroatoms. The van der Waals surface area contributed by atoms with E-state index in [0.29, 0.717) is 12.1 Å². The second-order valence-electron chi connectivity index (χ2n) is 5.11. The molecule has 1 saturated heterocycles. The summed E-state index contributed by atoms with van der Waals surface area (Å²) < 4.78 is 5.77. The predicted octanol–water partition coefficient (Wildman–Crippen LogP) is 2.71. The molecule has 0 bridgehead atoms. The van der Waals surface area contributed by atoms with E-state index >= 15 is 0 Å². The van der Waals surface area contributed by atoms with Crippen LogP contribution in [-0.2, 0) is 4.74 Å². The van der Waals surface area contributed by atoms with Crippen molar-refractivity contribution in [2.75, 3.05) is 33.3 Å². The molecule has 0 spiro atoms. The second kappa shape index (κ2) is 7.25. The molecule has 1 fully saturated rings. The van der Waals surface area contributed by atoms with Gasteiger partial charge < -0.3 is 10.1 Å². The third-order valence-corrected chi connectivity index (χ3v) is 3.92. The van der Waals surface area contributed by atoms with E-state index in [0.717, 1.165) is 37.7 Å². The van der Waals surface area contributed by atoms with E-state index in [1.165, 1.54) is 5.56 Å². The van der Waals surface area contributed by atoms with Crippen molar-refractivity contribution in [3.05, 3.63) is 34.9 Å². The first-order valence-corrected chi connectivity index (χ1v) is 7.36. The van der Waals surface area contributed by atoms with Crippen molar-refractivity contribution >= 4 is 11.6 Å². The average Bonchev–Trinajstić information content (AvgIpc) is 2.43. The van der Waals surface area contributed by atoms with Crippen molar-refractivity contribution in [3.63, 3.8) is 0 Å². The second-order valence-corrected chi connectivity index (χ2v) is 5.55. The summed E-state index contributed by atoms with van der Waals surface area (Å²) in [5.74, 6) is 0. The number of hydrogen-bond acceptors (Lipinski definition) is 3. The third kappa shape index (κ3) is 4.18. The van der Waals surface area contributed by atoms with Crippen molar-refractivity contribution < 1.29 is 4.74 Å². The van der Waals surface area contributed by atoms with Crippen LogP contribution in [0, 0.1) is 0 Å². The topological polar surface area (TPSA) is 24.5 Å². The number of benzene rings is 1. The highest BCUT2D eigenvalue weighted by atomic mass is 35.5. The zero-order chi connectivity index (χ0) is 13.7. The first-order valence-electron chi connectivity index (χ1n) is 6.98. The van der Waals surface area contributed by atoms with E-state index in [4.69, 9.17) is 16.3 Å². The largest absolute Gasteiger partial charge is 0.374 e. The maximum absolute atomic E-state index is 5.95. The molecule has 1 aliphatic rings. The first kappa shape index (κ1) is 14.8. The van der Waals surface area contributed by atoms with Crippen LogP contribution >= 0.6 is 11.6 Å². The van der Waals surface area contributed by atoms with Gasteiger partial charge in [-0.1, -0.05) is 30.7 Å². The Hall–Kier alpha value is -0.610. The number of nitrogens with zero attached hydrogens (tertiary/aromatic N) is 1. The van der Waals surface area contributed by atoms with Gasteiger partial charge in [0.15, 0.2) is 0 Å². The zero-order valence-electron chi connectivity index (χ0n) is 11.7. The lowest BCUT2D eigenvalue weighted by Crippen LogP contribution is -2.45. The molecule has 2 unspecified atom stereocenters. The van der Waals surface area contributed by atoms with Crippen LogP contribution in [-0.4, -0.2) is 44.3 Å². The van der Waals surface area contributed by atoms with Gasteiger partial charge in [0.25, 0.3) is 0 Å². The molecule has 1 aromatic rings. The Morgan fingerprint density at radius 3 is 2.74 bits per heavy atom. The summed E-state index contributed by atoms with van der Waals surface area (Å²) in [6, 6.07) is 8.58. The molecule has 0 aromatic heterocycles. The van der Waals surface area contributed by atoms with Crippen molar-refractivity contribution in [3.8, 4) is 0 Å². The van der Waals surface area contributed by atoms with E-state index in [1.54, 1.807) is 0 Å². The molecule has 0 amide bonds. The summed E-state index contributed by atoms with van der Waals surface area (Å²) in [6.45, 7) is 5.90. The smallest absolute Gasteiger partial charge is 0.0826 e. The molecule has 1 heterocycles. The highest BCUT2D eigenvalue weighted by Crippen LogP contribution is 2.24. The van der Waals surface area contributed by atoms with Gasteiger partial charge in [-0.25, -0.2) is 0 Å². The number of likely N-dealkylation sites (N-methyl/N-ethyl adjacent to an activating group) is 1. The van der Waals surface area contributed by atoms with E-state index in [-0.39, 0.29) is 0 Å². The lowest BCUT2D eigenvalue weighted by atomic mass is 10.0. The van der Waals surface area contributed by atoms with Crippen LogP contribution in [0.1, 0.15) is 24.9 Å². The van der Waals surface area contributed by atoms with Gasteiger partial charge in [-0.2, -0.15) is 0 Å². The number of hydrogen-bond donors (Lipinski definition) is 1. The van der Waals surface area contributed by atoms with Gasteiger partial charge in [0.2, 0.25) is 0 Å². The minimum atomic E-state index is 0.292. The van der Waals surface area contributed by atoms with Gasteiger partial charge in [-0.15, -0.1) is 0 Å². The summed E-state index contributed by atoms with van der Waals surface area (Å²) in [4.78, 5) is 2.38. The minimum absolute atomic E-state index is 0.292. The van der Waals surface area contributed by atoms with Gasteiger partial charge in [0.05, 0.1) is 12.7 Å². The lowest BCUT2D eigenvalue weighted by Gasteiger charge is -2.33. The molecule has 0 aliphatic carbocycles. The zero-order valence-corrected chi connectivity index (χ0v) is 12.5. The Morgan fingerprint density at radius 2 is 2.16 bits per heavy atom. The van der Waals surface area contributed by atoms with Crippen molar-refractivity contribution in [1.29, 1.82) is 0 Å². The SMILES string of the molecule is CCC(c1ccc(Cl)cc1)N(C)CC1CNCCO1. The fraction of sp³-hybridized carbons (Fsp3) is 0.600. The molecule has 3 nitrogen and oxygen atoms in total. The van der Waals surface area contributed by atoms with Crippen LogP contribution in [0.5, 0.6) is 0 Å². The average molecular weight is 283 g/mol. The Kier molecular flexibility index (Phi) is 5.64. The Morgan fingerprint density at radius 1 is 1.42 bits per heavy atom. The van der Waals surface area contributed by atoms with Gasteiger partial charge in [-0.3, -0.25) is 4.90 Å². The fourth-order valence-corrected chi connectivity index (χ4v) is 2.80. The van der Waals surface area contributed by atoms with Crippen LogP contribution in [0.2, 0.25) is 5.02 Å². The van der Waals surface area contributed by atoms with E-state index in [9.17, 15) is 0 Å². The highest BCUT2D eigenvalue weighted by molar-refractivity contribution is 6.30. The summed E-state index contributed by atoms with van der Waals surface area (Å²) >= 11 is 5.95. The molecular weight excluding hydrogens is 260 g/mol. The molecule has 19 heavy (non-hydrogen) atoms. The summed E-state index contributed by atoms with van der Waals surface area (Å²) in [5.41, 5.74) is 1.32. The van der Waals surface area contributed by atoms with E-state index < -0.39 is 0 Å². The number of rotatable bonds is 5. The molecule has 1 aliphatic heterocycles. The Balaban J connectivity index is 1.97. The lowest BCUT2D eigenvalue weighted by molar-refractivity contribution is 0.00227. The van der Waals surface area contributed by atoms with Crippen LogP contribution in [0.25, 0.3) is 0 Å². The summed E-state index contributed by atoms with van der Waals surface area (Å²) in [7, 11) is 2.17. The molecule has 2 atom stereocenters. The number of halogens is 1. The molecule has 1 aromatic carbocycles. The van der Waals surface area contributed by atoms with Crippen LogP contribution in [0.15, 0.2) is 24.3 Å². The minimum Gasteiger partial charge on any atom is -0.374 e.